The molecule has 10 heteroatoms. The molecule has 0 aliphatic carbocycles. The predicted octanol–water partition coefficient (Wildman–Crippen LogP) is 5.69. The zero-order valence-electron chi connectivity index (χ0n) is 14.9. The molecule has 150 valence electrons. The first-order valence-corrected chi connectivity index (χ1v) is 12.6. The lowest BCUT2D eigenvalue weighted by atomic mass is 10.1. The number of hydrogen-bond donors (Lipinski definition) is 2. The van der Waals surface area contributed by atoms with Gasteiger partial charge in [0.1, 0.15) is 5.69 Å². The van der Waals surface area contributed by atoms with Gasteiger partial charge in [-0.05, 0) is 47.5 Å². The summed E-state index contributed by atoms with van der Waals surface area (Å²) >= 11 is 15.0. The van der Waals surface area contributed by atoms with Crippen molar-refractivity contribution >= 4 is 55.9 Å². The van der Waals surface area contributed by atoms with Crippen molar-refractivity contribution in [2.45, 2.75) is 11.3 Å². The lowest BCUT2D eigenvalue weighted by molar-refractivity contribution is 0.581. The van der Waals surface area contributed by atoms with Crippen molar-refractivity contribution in [3.8, 4) is 21.1 Å². The number of sulfonamides is 1. The van der Waals surface area contributed by atoms with Crippen molar-refractivity contribution in [1.82, 2.24) is 14.9 Å². The summed E-state index contributed by atoms with van der Waals surface area (Å²) in [5.74, 6) is 0. The SMILES string of the molecule is O=S(=O)(NCCc1c(-c2cccs2)n[nH]c1-c1cccs1)c1ccc(Cl)c(Cl)c1. The van der Waals surface area contributed by atoms with Crippen molar-refractivity contribution in [3.05, 3.63) is 68.8 Å². The third-order valence-electron chi connectivity index (χ3n) is 4.26. The van der Waals surface area contributed by atoms with Crippen LogP contribution < -0.4 is 4.72 Å². The van der Waals surface area contributed by atoms with Gasteiger partial charge in [-0.1, -0.05) is 35.3 Å². The van der Waals surface area contributed by atoms with E-state index in [1.807, 2.05) is 35.0 Å². The highest BCUT2D eigenvalue weighted by Gasteiger charge is 2.20. The second-order valence-corrected chi connectivity index (χ2v) is 10.6. The summed E-state index contributed by atoms with van der Waals surface area (Å²) in [5, 5.41) is 12.1. The van der Waals surface area contributed by atoms with Crippen molar-refractivity contribution in [2.75, 3.05) is 6.54 Å². The molecule has 0 saturated carbocycles. The molecule has 29 heavy (non-hydrogen) atoms. The molecular weight excluding hydrogens is 469 g/mol. The minimum Gasteiger partial charge on any atom is -0.276 e. The van der Waals surface area contributed by atoms with Crippen LogP contribution in [0.2, 0.25) is 10.0 Å². The summed E-state index contributed by atoms with van der Waals surface area (Å²) < 4.78 is 27.9. The number of rotatable bonds is 7. The Hall–Kier alpha value is -1.68. The number of aromatic amines is 1. The van der Waals surface area contributed by atoms with E-state index in [0.717, 1.165) is 26.7 Å². The zero-order valence-corrected chi connectivity index (χ0v) is 18.8. The molecule has 0 aliphatic heterocycles. The van der Waals surface area contributed by atoms with E-state index in [1.165, 1.54) is 18.2 Å². The van der Waals surface area contributed by atoms with Crippen LogP contribution in [0.4, 0.5) is 0 Å². The summed E-state index contributed by atoms with van der Waals surface area (Å²) in [6.07, 6.45) is 0.484. The molecule has 4 aromatic rings. The Morgan fingerprint density at radius 3 is 2.38 bits per heavy atom. The van der Waals surface area contributed by atoms with Crippen molar-refractivity contribution in [3.63, 3.8) is 0 Å². The highest BCUT2D eigenvalue weighted by Crippen LogP contribution is 2.34. The fourth-order valence-electron chi connectivity index (χ4n) is 2.89. The average molecular weight is 484 g/mol. The normalized spacial score (nSPS) is 11.8. The van der Waals surface area contributed by atoms with E-state index in [1.54, 1.807) is 22.7 Å². The van der Waals surface area contributed by atoms with Gasteiger partial charge in [0.2, 0.25) is 10.0 Å². The van der Waals surface area contributed by atoms with Crippen LogP contribution in [0.3, 0.4) is 0 Å². The molecule has 0 radical (unpaired) electrons. The van der Waals surface area contributed by atoms with E-state index >= 15 is 0 Å². The molecule has 0 saturated heterocycles. The Bertz CT molecular complexity index is 1170. The van der Waals surface area contributed by atoms with Gasteiger partial charge in [0.05, 0.1) is 30.4 Å². The van der Waals surface area contributed by atoms with Crippen molar-refractivity contribution in [2.24, 2.45) is 0 Å². The fourth-order valence-corrected chi connectivity index (χ4v) is 5.80. The molecule has 0 atom stereocenters. The van der Waals surface area contributed by atoms with Crippen LogP contribution in [-0.2, 0) is 16.4 Å². The molecule has 2 N–H and O–H groups in total. The summed E-state index contributed by atoms with van der Waals surface area (Å²) in [5.41, 5.74) is 2.74. The van der Waals surface area contributed by atoms with Crippen LogP contribution in [0.15, 0.2) is 58.1 Å². The number of halogens is 2. The largest absolute Gasteiger partial charge is 0.276 e. The molecule has 4 rings (SSSR count). The quantitative estimate of drug-likeness (QED) is 0.354. The van der Waals surface area contributed by atoms with Crippen LogP contribution >= 0.6 is 45.9 Å². The van der Waals surface area contributed by atoms with Gasteiger partial charge in [0, 0.05) is 12.1 Å². The first-order chi connectivity index (χ1) is 14.0. The molecule has 0 bridgehead atoms. The third-order valence-corrected chi connectivity index (χ3v) is 8.22. The van der Waals surface area contributed by atoms with Crippen LogP contribution in [-0.4, -0.2) is 25.2 Å². The third kappa shape index (κ3) is 4.42. The number of aromatic nitrogens is 2. The standard InChI is InChI=1S/C19H15Cl2N3O2S3/c20-14-6-5-12(11-15(14)21)29(25,26)22-8-7-13-18(16-3-1-9-27-16)23-24-19(13)17-4-2-10-28-17/h1-6,9-11,22H,7-8H2,(H,23,24). The van der Waals surface area contributed by atoms with E-state index in [2.05, 4.69) is 14.9 Å². The predicted molar refractivity (Wildman–Crippen MR) is 121 cm³/mol. The molecule has 1 aromatic carbocycles. The maximum Gasteiger partial charge on any atom is 0.240 e. The second kappa shape index (κ2) is 8.59. The minimum absolute atomic E-state index is 0.0797. The van der Waals surface area contributed by atoms with Gasteiger partial charge in [-0.15, -0.1) is 22.7 Å². The van der Waals surface area contributed by atoms with E-state index in [9.17, 15) is 8.42 Å². The van der Waals surface area contributed by atoms with Crippen LogP contribution in [0.5, 0.6) is 0 Å². The lowest BCUT2D eigenvalue weighted by Crippen LogP contribution is -2.26. The Morgan fingerprint density at radius 1 is 1.00 bits per heavy atom. The van der Waals surface area contributed by atoms with Gasteiger partial charge < -0.3 is 0 Å². The van der Waals surface area contributed by atoms with E-state index in [0.29, 0.717) is 11.4 Å². The summed E-state index contributed by atoms with van der Waals surface area (Å²) in [6, 6.07) is 12.2. The molecular formula is C19H15Cl2N3O2S3. The highest BCUT2D eigenvalue weighted by atomic mass is 35.5. The molecule has 0 spiro atoms. The Labute approximate surface area is 186 Å². The molecule has 3 heterocycles. The fraction of sp³-hybridized carbons (Fsp3) is 0.105. The van der Waals surface area contributed by atoms with Gasteiger partial charge in [-0.25, -0.2) is 13.1 Å². The van der Waals surface area contributed by atoms with E-state index in [4.69, 9.17) is 23.2 Å². The summed E-state index contributed by atoms with van der Waals surface area (Å²) in [7, 11) is -3.70. The zero-order chi connectivity index (χ0) is 20.4. The highest BCUT2D eigenvalue weighted by molar-refractivity contribution is 7.89. The number of thiophene rings is 2. The number of benzene rings is 1. The molecule has 0 amide bonds. The molecule has 0 unspecified atom stereocenters. The maximum atomic E-state index is 12.6. The lowest BCUT2D eigenvalue weighted by Gasteiger charge is -2.09. The summed E-state index contributed by atoms with van der Waals surface area (Å²) in [4.78, 5) is 2.17. The number of nitrogens with zero attached hydrogens (tertiary/aromatic N) is 1. The Balaban J connectivity index is 1.58. The minimum atomic E-state index is -3.70. The van der Waals surface area contributed by atoms with Gasteiger partial charge in [-0.2, -0.15) is 5.10 Å². The second-order valence-electron chi connectivity index (χ2n) is 6.10. The van der Waals surface area contributed by atoms with E-state index in [-0.39, 0.29) is 16.5 Å². The monoisotopic (exact) mass is 483 g/mol. The molecule has 3 aromatic heterocycles. The number of H-pyrrole nitrogens is 1. The van der Waals surface area contributed by atoms with Gasteiger partial charge in [-0.3, -0.25) is 5.10 Å². The van der Waals surface area contributed by atoms with Crippen molar-refractivity contribution in [1.29, 1.82) is 0 Å². The first-order valence-electron chi connectivity index (χ1n) is 8.55. The molecule has 5 nitrogen and oxygen atoms in total. The van der Waals surface area contributed by atoms with E-state index < -0.39 is 10.0 Å². The molecule has 0 fully saturated rings. The Morgan fingerprint density at radius 2 is 1.72 bits per heavy atom. The first kappa shape index (κ1) is 20.6. The number of hydrogen-bond acceptors (Lipinski definition) is 5. The Kier molecular flexibility index (Phi) is 6.10. The summed E-state index contributed by atoms with van der Waals surface area (Å²) in [6.45, 7) is 0.221. The van der Waals surface area contributed by atoms with Crippen LogP contribution in [0.1, 0.15) is 5.56 Å². The van der Waals surface area contributed by atoms with Gasteiger partial charge in [0.15, 0.2) is 0 Å². The smallest absolute Gasteiger partial charge is 0.240 e. The maximum absolute atomic E-state index is 12.6. The van der Waals surface area contributed by atoms with Crippen LogP contribution in [0.25, 0.3) is 21.1 Å². The van der Waals surface area contributed by atoms with Gasteiger partial charge >= 0.3 is 0 Å². The van der Waals surface area contributed by atoms with Crippen molar-refractivity contribution < 1.29 is 8.42 Å². The van der Waals surface area contributed by atoms with Crippen LogP contribution in [0, 0.1) is 0 Å². The molecule has 0 aliphatic rings. The topological polar surface area (TPSA) is 74.8 Å². The average Bonchev–Trinajstić information content (AvgIpc) is 3.44. The van der Waals surface area contributed by atoms with Gasteiger partial charge in [0.25, 0.3) is 0 Å². The number of nitrogens with one attached hydrogen (secondary N) is 2.